The lowest BCUT2D eigenvalue weighted by Crippen LogP contribution is -2.05. The molecule has 0 saturated heterocycles. The minimum absolute atomic E-state index is 0.0572. The van der Waals surface area contributed by atoms with Crippen LogP contribution in [0.1, 0.15) is 31.4 Å². The fourth-order valence-corrected chi connectivity index (χ4v) is 1.31. The van der Waals surface area contributed by atoms with Crippen molar-refractivity contribution in [1.82, 2.24) is 0 Å². The van der Waals surface area contributed by atoms with E-state index in [0.717, 1.165) is 30.8 Å². The minimum Gasteiger partial charge on any atom is -0.494 e. The van der Waals surface area contributed by atoms with E-state index in [1.807, 2.05) is 37.3 Å². The highest BCUT2D eigenvalue weighted by atomic mass is 16.5. The summed E-state index contributed by atoms with van der Waals surface area (Å²) < 4.78 is 5.60. The first-order valence-corrected chi connectivity index (χ1v) is 5.33. The van der Waals surface area contributed by atoms with Gasteiger partial charge in [-0.1, -0.05) is 18.2 Å². The number of allylic oxidation sites excluding steroid dienone is 1. The van der Waals surface area contributed by atoms with Crippen LogP contribution in [0.25, 0.3) is 0 Å². The van der Waals surface area contributed by atoms with Gasteiger partial charge in [-0.15, -0.1) is 6.58 Å². The van der Waals surface area contributed by atoms with Crippen LogP contribution < -0.4 is 10.5 Å². The van der Waals surface area contributed by atoms with E-state index in [4.69, 9.17) is 10.5 Å². The number of rotatable bonds is 6. The highest BCUT2D eigenvalue weighted by molar-refractivity contribution is 5.30. The molecule has 2 N–H and O–H groups in total. The van der Waals surface area contributed by atoms with Gasteiger partial charge in [0, 0.05) is 6.04 Å². The average molecular weight is 205 g/mol. The molecule has 0 radical (unpaired) electrons. The second-order valence-corrected chi connectivity index (χ2v) is 3.64. The van der Waals surface area contributed by atoms with Crippen molar-refractivity contribution in [2.75, 3.05) is 6.61 Å². The van der Waals surface area contributed by atoms with Gasteiger partial charge in [0.25, 0.3) is 0 Å². The lowest BCUT2D eigenvalue weighted by atomic mass is 10.1. The van der Waals surface area contributed by atoms with E-state index in [0.29, 0.717) is 0 Å². The fourth-order valence-electron chi connectivity index (χ4n) is 1.31. The van der Waals surface area contributed by atoms with E-state index < -0.39 is 0 Å². The second-order valence-electron chi connectivity index (χ2n) is 3.64. The SMILES string of the molecule is C=CCCCOc1cccc([C@H](C)N)c1. The summed E-state index contributed by atoms with van der Waals surface area (Å²) in [4.78, 5) is 0. The Hall–Kier alpha value is -1.28. The van der Waals surface area contributed by atoms with Crippen molar-refractivity contribution in [1.29, 1.82) is 0 Å². The highest BCUT2D eigenvalue weighted by Gasteiger charge is 2.00. The molecule has 15 heavy (non-hydrogen) atoms. The minimum atomic E-state index is 0.0572. The number of unbranched alkanes of at least 4 members (excludes halogenated alkanes) is 1. The maximum absolute atomic E-state index is 5.79. The molecule has 1 aromatic carbocycles. The van der Waals surface area contributed by atoms with Gasteiger partial charge in [-0.3, -0.25) is 0 Å². The molecule has 0 bridgehead atoms. The molecule has 0 aliphatic heterocycles. The van der Waals surface area contributed by atoms with Crippen molar-refractivity contribution in [2.24, 2.45) is 5.73 Å². The quantitative estimate of drug-likeness (QED) is 0.572. The first kappa shape index (κ1) is 11.8. The normalized spacial score (nSPS) is 12.1. The van der Waals surface area contributed by atoms with E-state index in [9.17, 15) is 0 Å². The summed E-state index contributed by atoms with van der Waals surface area (Å²) in [6.07, 6.45) is 3.90. The molecule has 0 heterocycles. The maximum atomic E-state index is 5.79. The van der Waals surface area contributed by atoms with Crippen molar-refractivity contribution >= 4 is 0 Å². The predicted molar refractivity (Wildman–Crippen MR) is 64.0 cm³/mol. The van der Waals surface area contributed by atoms with Gasteiger partial charge < -0.3 is 10.5 Å². The van der Waals surface area contributed by atoms with Crippen LogP contribution >= 0.6 is 0 Å². The molecule has 82 valence electrons. The van der Waals surface area contributed by atoms with Crippen LogP contribution in [-0.2, 0) is 0 Å². The average Bonchev–Trinajstić information content (AvgIpc) is 2.25. The summed E-state index contributed by atoms with van der Waals surface area (Å²) in [5, 5.41) is 0. The van der Waals surface area contributed by atoms with E-state index in [2.05, 4.69) is 6.58 Å². The zero-order valence-corrected chi connectivity index (χ0v) is 9.28. The van der Waals surface area contributed by atoms with Crippen LogP contribution in [0.15, 0.2) is 36.9 Å². The highest BCUT2D eigenvalue weighted by Crippen LogP contribution is 2.17. The number of hydrogen-bond acceptors (Lipinski definition) is 2. The molecule has 0 aliphatic rings. The molecule has 1 aromatic rings. The number of ether oxygens (including phenoxy) is 1. The topological polar surface area (TPSA) is 35.2 Å². The number of benzene rings is 1. The van der Waals surface area contributed by atoms with Crippen LogP contribution in [0, 0.1) is 0 Å². The number of hydrogen-bond donors (Lipinski definition) is 1. The van der Waals surface area contributed by atoms with Gasteiger partial charge in [-0.05, 0) is 37.5 Å². The maximum Gasteiger partial charge on any atom is 0.119 e. The molecule has 0 saturated carbocycles. The van der Waals surface area contributed by atoms with Crippen molar-refractivity contribution < 1.29 is 4.74 Å². The Morgan fingerprint density at radius 2 is 2.33 bits per heavy atom. The summed E-state index contributed by atoms with van der Waals surface area (Å²) in [6.45, 7) is 6.37. The third-order valence-corrected chi connectivity index (χ3v) is 2.21. The third kappa shape index (κ3) is 4.17. The summed E-state index contributed by atoms with van der Waals surface area (Å²) in [5.74, 6) is 0.897. The van der Waals surface area contributed by atoms with Crippen molar-refractivity contribution in [3.63, 3.8) is 0 Å². The van der Waals surface area contributed by atoms with Crippen LogP contribution in [0.2, 0.25) is 0 Å². The van der Waals surface area contributed by atoms with Gasteiger partial charge in [0.2, 0.25) is 0 Å². The van der Waals surface area contributed by atoms with Gasteiger partial charge in [-0.25, -0.2) is 0 Å². The van der Waals surface area contributed by atoms with E-state index in [1.54, 1.807) is 0 Å². The van der Waals surface area contributed by atoms with Crippen molar-refractivity contribution in [3.05, 3.63) is 42.5 Å². The summed E-state index contributed by atoms with van der Waals surface area (Å²) in [7, 11) is 0. The lowest BCUT2D eigenvalue weighted by Gasteiger charge is -2.09. The van der Waals surface area contributed by atoms with Crippen LogP contribution in [0.3, 0.4) is 0 Å². The molecule has 0 aromatic heterocycles. The first-order valence-electron chi connectivity index (χ1n) is 5.33. The molecule has 2 heteroatoms. The van der Waals surface area contributed by atoms with Gasteiger partial charge >= 0.3 is 0 Å². The van der Waals surface area contributed by atoms with Gasteiger partial charge in [0.15, 0.2) is 0 Å². The molecule has 1 atom stereocenters. The standard InChI is InChI=1S/C13H19NO/c1-3-4-5-9-15-13-8-6-7-12(10-13)11(2)14/h3,6-8,10-11H,1,4-5,9,14H2,2H3/t11-/m0/s1. The summed E-state index contributed by atoms with van der Waals surface area (Å²) >= 11 is 0. The molecule has 0 fully saturated rings. The Kier molecular flexibility index (Phi) is 4.91. The first-order chi connectivity index (χ1) is 7.24. The van der Waals surface area contributed by atoms with E-state index in [-0.39, 0.29) is 6.04 Å². The Balaban J connectivity index is 2.46. The Morgan fingerprint density at radius 1 is 1.53 bits per heavy atom. The van der Waals surface area contributed by atoms with Gasteiger partial charge in [0.05, 0.1) is 6.61 Å². The zero-order valence-electron chi connectivity index (χ0n) is 9.28. The van der Waals surface area contributed by atoms with Crippen molar-refractivity contribution in [2.45, 2.75) is 25.8 Å². The predicted octanol–water partition coefficient (Wildman–Crippen LogP) is 3.05. The van der Waals surface area contributed by atoms with Gasteiger partial charge in [0.1, 0.15) is 5.75 Å². The molecule has 0 spiro atoms. The van der Waals surface area contributed by atoms with Crippen molar-refractivity contribution in [3.8, 4) is 5.75 Å². The zero-order chi connectivity index (χ0) is 11.1. The molecule has 0 unspecified atom stereocenters. The summed E-state index contributed by atoms with van der Waals surface area (Å²) in [6, 6.07) is 8.00. The van der Waals surface area contributed by atoms with Gasteiger partial charge in [-0.2, -0.15) is 0 Å². The molecule has 0 amide bonds. The molecule has 0 aliphatic carbocycles. The monoisotopic (exact) mass is 205 g/mol. The second kappa shape index (κ2) is 6.25. The fraction of sp³-hybridized carbons (Fsp3) is 0.385. The van der Waals surface area contributed by atoms with E-state index in [1.165, 1.54) is 0 Å². The molecule has 1 rings (SSSR count). The molecular formula is C13H19NO. The number of nitrogens with two attached hydrogens (primary N) is 1. The van der Waals surface area contributed by atoms with E-state index >= 15 is 0 Å². The third-order valence-electron chi connectivity index (χ3n) is 2.21. The smallest absolute Gasteiger partial charge is 0.119 e. The Morgan fingerprint density at radius 3 is 3.00 bits per heavy atom. The van der Waals surface area contributed by atoms with Crippen LogP contribution in [0.4, 0.5) is 0 Å². The largest absolute Gasteiger partial charge is 0.494 e. The lowest BCUT2D eigenvalue weighted by molar-refractivity contribution is 0.311. The molecular weight excluding hydrogens is 186 g/mol. The molecule has 2 nitrogen and oxygen atoms in total. The Bertz CT molecular complexity index is 307. The summed E-state index contributed by atoms with van der Waals surface area (Å²) in [5.41, 5.74) is 6.90. The van der Waals surface area contributed by atoms with Crippen LogP contribution in [-0.4, -0.2) is 6.61 Å². The Labute approximate surface area is 91.7 Å². The van der Waals surface area contributed by atoms with Crippen LogP contribution in [0.5, 0.6) is 5.75 Å².